The molecule has 0 saturated carbocycles. The highest BCUT2D eigenvalue weighted by Crippen LogP contribution is 2.22. The van der Waals surface area contributed by atoms with Crippen molar-refractivity contribution in [1.29, 1.82) is 0 Å². The zero-order chi connectivity index (χ0) is 34.5. The molecule has 0 bridgehead atoms. The first-order valence-electron chi connectivity index (χ1n) is 19.4. The molecular formula is C38H73NO8. The second-order valence-corrected chi connectivity index (χ2v) is 13.7. The fourth-order valence-electron chi connectivity index (χ4n) is 6.15. The molecule has 0 aliphatic carbocycles. The summed E-state index contributed by atoms with van der Waals surface area (Å²) in [7, 11) is 0. The number of ether oxygens (including phenoxy) is 2. The van der Waals surface area contributed by atoms with E-state index in [1.807, 2.05) is 6.08 Å². The predicted molar refractivity (Wildman–Crippen MR) is 189 cm³/mol. The Morgan fingerprint density at radius 2 is 1.17 bits per heavy atom. The van der Waals surface area contributed by atoms with Crippen molar-refractivity contribution in [3.63, 3.8) is 0 Å². The average Bonchev–Trinajstić information content (AvgIpc) is 3.07. The van der Waals surface area contributed by atoms with Crippen LogP contribution >= 0.6 is 0 Å². The zero-order valence-corrected chi connectivity index (χ0v) is 30.0. The Hall–Kier alpha value is -1.07. The van der Waals surface area contributed by atoms with Gasteiger partial charge in [-0.1, -0.05) is 154 Å². The van der Waals surface area contributed by atoms with Gasteiger partial charge in [-0.25, -0.2) is 0 Å². The molecule has 7 unspecified atom stereocenters. The SMILES string of the molecule is CCCCCCCCCCCC/C=C/C(O)C(COC1OC(CO)C(O)C(O)C1O)NC(=O)CCCCCCCCCCCCCC. The molecule has 0 aromatic heterocycles. The molecule has 9 nitrogen and oxygen atoms in total. The molecule has 278 valence electrons. The minimum Gasteiger partial charge on any atom is -0.394 e. The van der Waals surface area contributed by atoms with Gasteiger partial charge in [0.25, 0.3) is 0 Å². The van der Waals surface area contributed by atoms with Crippen LogP contribution in [0.25, 0.3) is 0 Å². The summed E-state index contributed by atoms with van der Waals surface area (Å²) in [4.78, 5) is 12.8. The van der Waals surface area contributed by atoms with Crippen LogP contribution in [0.2, 0.25) is 0 Å². The van der Waals surface area contributed by atoms with E-state index < -0.39 is 49.5 Å². The van der Waals surface area contributed by atoms with Crippen molar-refractivity contribution in [2.75, 3.05) is 13.2 Å². The van der Waals surface area contributed by atoms with Crippen molar-refractivity contribution in [3.8, 4) is 0 Å². The Morgan fingerprint density at radius 3 is 1.66 bits per heavy atom. The smallest absolute Gasteiger partial charge is 0.220 e. The number of aliphatic hydroxyl groups excluding tert-OH is 5. The van der Waals surface area contributed by atoms with E-state index in [9.17, 15) is 30.3 Å². The van der Waals surface area contributed by atoms with E-state index in [0.29, 0.717) is 6.42 Å². The van der Waals surface area contributed by atoms with Crippen molar-refractivity contribution in [2.45, 2.75) is 211 Å². The molecule has 0 spiro atoms. The zero-order valence-electron chi connectivity index (χ0n) is 30.0. The topological polar surface area (TPSA) is 149 Å². The molecule has 1 saturated heterocycles. The van der Waals surface area contributed by atoms with Gasteiger partial charge >= 0.3 is 0 Å². The van der Waals surface area contributed by atoms with Crippen molar-refractivity contribution < 1.29 is 39.8 Å². The van der Waals surface area contributed by atoms with Gasteiger partial charge in [0.1, 0.15) is 24.4 Å². The van der Waals surface area contributed by atoms with Gasteiger partial charge in [0.15, 0.2) is 6.29 Å². The molecule has 1 aliphatic heterocycles. The van der Waals surface area contributed by atoms with E-state index in [-0.39, 0.29) is 12.5 Å². The van der Waals surface area contributed by atoms with Gasteiger partial charge in [-0.15, -0.1) is 0 Å². The molecule has 1 amide bonds. The van der Waals surface area contributed by atoms with Gasteiger partial charge in [-0.3, -0.25) is 4.79 Å². The Kier molecular flexibility index (Phi) is 27.9. The number of amides is 1. The van der Waals surface area contributed by atoms with Gasteiger partial charge in [0.2, 0.25) is 5.91 Å². The fraction of sp³-hybridized carbons (Fsp3) is 0.921. The molecule has 1 rings (SSSR count). The lowest BCUT2D eigenvalue weighted by atomic mass is 9.99. The first-order chi connectivity index (χ1) is 22.8. The van der Waals surface area contributed by atoms with E-state index in [4.69, 9.17) is 9.47 Å². The molecule has 0 aromatic rings. The maximum absolute atomic E-state index is 12.8. The van der Waals surface area contributed by atoms with Crippen LogP contribution < -0.4 is 5.32 Å². The lowest BCUT2D eigenvalue weighted by Crippen LogP contribution is -2.60. The third-order valence-electron chi connectivity index (χ3n) is 9.36. The summed E-state index contributed by atoms with van der Waals surface area (Å²) >= 11 is 0. The van der Waals surface area contributed by atoms with Crippen LogP contribution in [0.1, 0.15) is 168 Å². The normalized spacial score (nSPS) is 22.9. The number of carbonyl (C=O) groups is 1. The molecule has 6 N–H and O–H groups in total. The number of allylic oxidation sites excluding steroid dienone is 1. The van der Waals surface area contributed by atoms with Crippen LogP contribution in [-0.2, 0) is 14.3 Å². The van der Waals surface area contributed by atoms with E-state index in [2.05, 4.69) is 19.2 Å². The maximum Gasteiger partial charge on any atom is 0.220 e. The van der Waals surface area contributed by atoms with Gasteiger partial charge in [0.05, 0.1) is 25.4 Å². The number of aliphatic hydroxyl groups is 5. The van der Waals surface area contributed by atoms with Crippen LogP contribution in [0.4, 0.5) is 0 Å². The Morgan fingerprint density at radius 1 is 0.702 bits per heavy atom. The quantitative estimate of drug-likeness (QED) is 0.0357. The van der Waals surface area contributed by atoms with Crippen LogP contribution in [0, 0.1) is 0 Å². The number of hydrogen-bond donors (Lipinski definition) is 6. The molecule has 0 radical (unpaired) electrons. The molecule has 9 heteroatoms. The lowest BCUT2D eigenvalue weighted by molar-refractivity contribution is -0.302. The first-order valence-corrected chi connectivity index (χ1v) is 19.4. The molecular weight excluding hydrogens is 598 g/mol. The molecule has 1 heterocycles. The number of hydrogen-bond acceptors (Lipinski definition) is 8. The van der Waals surface area contributed by atoms with Crippen molar-refractivity contribution in [2.24, 2.45) is 0 Å². The second kappa shape index (κ2) is 29.8. The number of rotatable bonds is 31. The van der Waals surface area contributed by atoms with E-state index in [1.54, 1.807) is 6.08 Å². The van der Waals surface area contributed by atoms with Crippen molar-refractivity contribution in [3.05, 3.63) is 12.2 Å². The van der Waals surface area contributed by atoms with Crippen molar-refractivity contribution in [1.82, 2.24) is 5.32 Å². The molecule has 47 heavy (non-hydrogen) atoms. The van der Waals surface area contributed by atoms with Crippen LogP contribution in [-0.4, -0.2) is 87.5 Å². The minimum absolute atomic E-state index is 0.179. The van der Waals surface area contributed by atoms with Gasteiger partial charge in [0, 0.05) is 6.42 Å². The highest BCUT2D eigenvalue weighted by molar-refractivity contribution is 5.76. The third kappa shape index (κ3) is 21.6. The van der Waals surface area contributed by atoms with Gasteiger partial charge in [-0.05, 0) is 19.3 Å². The molecule has 7 atom stereocenters. The Bertz CT molecular complexity index is 751. The lowest BCUT2D eigenvalue weighted by Gasteiger charge is -2.40. The fourth-order valence-corrected chi connectivity index (χ4v) is 6.15. The molecule has 1 fully saturated rings. The summed E-state index contributed by atoms with van der Waals surface area (Å²) < 4.78 is 11.1. The summed E-state index contributed by atoms with van der Waals surface area (Å²) in [6, 6.07) is -0.795. The van der Waals surface area contributed by atoms with Crippen LogP contribution in [0.15, 0.2) is 12.2 Å². The van der Waals surface area contributed by atoms with E-state index in [0.717, 1.165) is 38.5 Å². The Balaban J connectivity index is 2.46. The maximum atomic E-state index is 12.8. The second-order valence-electron chi connectivity index (χ2n) is 13.7. The highest BCUT2D eigenvalue weighted by Gasteiger charge is 2.44. The molecule has 1 aliphatic rings. The summed E-state index contributed by atoms with van der Waals surface area (Å²) in [6.07, 6.45) is 23.9. The van der Waals surface area contributed by atoms with Crippen LogP contribution in [0.3, 0.4) is 0 Å². The first kappa shape index (κ1) is 44.0. The average molecular weight is 672 g/mol. The third-order valence-corrected chi connectivity index (χ3v) is 9.36. The minimum atomic E-state index is -1.56. The van der Waals surface area contributed by atoms with Crippen LogP contribution in [0.5, 0.6) is 0 Å². The van der Waals surface area contributed by atoms with Gasteiger partial charge in [-0.2, -0.15) is 0 Å². The summed E-state index contributed by atoms with van der Waals surface area (Å²) in [5, 5.41) is 53.8. The number of nitrogens with one attached hydrogen (secondary N) is 1. The van der Waals surface area contributed by atoms with E-state index >= 15 is 0 Å². The van der Waals surface area contributed by atoms with Gasteiger partial charge < -0.3 is 40.3 Å². The van der Waals surface area contributed by atoms with E-state index in [1.165, 1.54) is 109 Å². The monoisotopic (exact) mass is 672 g/mol. The summed E-state index contributed by atoms with van der Waals surface area (Å²) in [6.45, 7) is 3.74. The highest BCUT2D eigenvalue weighted by atomic mass is 16.7. The van der Waals surface area contributed by atoms with Crippen molar-refractivity contribution >= 4 is 5.91 Å². The number of carbonyl (C=O) groups excluding carboxylic acids is 1. The summed E-state index contributed by atoms with van der Waals surface area (Å²) in [5.74, 6) is -0.179. The summed E-state index contributed by atoms with van der Waals surface area (Å²) in [5.41, 5.74) is 0. The number of unbranched alkanes of at least 4 members (excludes halogenated alkanes) is 21. The standard InChI is InChI=1S/C38H73NO8/c1-3-5-7-9-11-13-15-17-19-21-23-25-27-32(41)31(30-46-38-37(45)36(44)35(43)33(29-40)47-38)39-34(42)28-26-24-22-20-18-16-14-12-10-8-6-4-2/h25,27,31-33,35-38,40-41,43-45H,3-24,26,28-30H2,1-2H3,(H,39,42)/b27-25+. The largest absolute Gasteiger partial charge is 0.394 e. The predicted octanol–water partition coefficient (Wildman–Crippen LogP) is 6.61. The Labute approximate surface area is 286 Å². The molecule has 0 aromatic carbocycles.